The minimum absolute atomic E-state index is 0.180. The third-order valence-corrected chi connectivity index (χ3v) is 4.63. The first-order valence-electron chi connectivity index (χ1n) is 7.27. The molecule has 24 heavy (non-hydrogen) atoms. The molecule has 0 spiro atoms. The summed E-state index contributed by atoms with van der Waals surface area (Å²) in [5, 5.41) is 12.4. The van der Waals surface area contributed by atoms with Gasteiger partial charge >= 0.3 is 5.63 Å². The normalized spacial score (nSPS) is 11.0. The van der Waals surface area contributed by atoms with E-state index in [0.717, 1.165) is 21.9 Å². The fraction of sp³-hybridized carbons (Fsp3) is 0.250. The van der Waals surface area contributed by atoms with Crippen LogP contribution in [0.2, 0.25) is 0 Å². The molecule has 0 aliphatic carbocycles. The number of nitrogens with zero attached hydrogens (tertiary/aromatic N) is 3. The number of nitrogens with one attached hydrogen (secondary N) is 1. The lowest BCUT2D eigenvalue weighted by molar-refractivity contribution is -0.114. The van der Waals surface area contributed by atoms with Gasteiger partial charge in [-0.2, -0.15) is 0 Å². The highest BCUT2D eigenvalue weighted by Crippen LogP contribution is 2.27. The molecule has 0 radical (unpaired) electrons. The molecular weight excluding hydrogens is 328 g/mol. The quantitative estimate of drug-likeness (QED) is 0.578. The SMILES string of the molecule is CC(=O)Nc1ccc2c(CSc3nnc(C)n3C)cc(=O)oc2c1. The molecule has 1 aromatic carbocycles. The van der Waals surface area contributed by atoms with Crippen LogP contribution in [0.25, 0.3) is 11.0 Å². The summed E-state index contributed by atoms with van der Waals surface area (Å²) in [6, 6.07) is 6.75. The van der Waals surface area contributed by atoms with Crippen molar-refractivity contribution in [3.8, 4) is 0 Å². The van der Waals surface area contributed by atoms with E-state index < -0.39 is 5.63 Å². The average molecular weight is 344 g/mol. The molecule has 0 aliphatic heterocycles. The topological polar surface area (TPSA) is 90.0 Å². The summed E-state index contributed by atoms with van der Waals surface area (Å²) < 4.78 is 7.15. The Morgan fingerprint density at radius 2 is 2.12 bits per heavy atom. The molecule has 1 N–H and O–H groups in total. The molecule has 7 nitrogen and oxygen atoms in total. The Kier molecular flexibility index (Phi) is 4.39. The highest BCUT2D eigenvalue weighted by Gasteiger charge is 2.11. The summed E-state index contributed by atoms with van der Waals surface area (Å²) in [6.07, 6.45) is 0. The highest BCUT2D eigenvalue weighted by atomic mass is 32.2. The molecule has 124 valence electrons. The van der Waals surface area contributed by atoms with Crippen molar-refractivity contribution in [2.45, 2.75) is 24.8 Å². The standard InChI is InChI=1S/C16H16N4O3S/c1-9-18-19-16(20(9)3)24-8-11-6-15(22)23-14-7-12(17-10(2)21)4-5-13(11)14/h4-7H,8H2,1-3H3,(H,17,21). The van der Waals surface area contributed by atoms with Crippen LogP contribution >= 0.6 is 11.8 Å². The molecule has 3 aromatic rings. The smallest absolute Gasteiger partial charge is 0.336 e. The number of carbonyl (C=O) groups is 1. The van der Waals surface area contributed by atoms with Gasteiger partial charge in [-0.05, 0) is 24.6 Å². The second-order valence-electron chi connectivity index (χ2n) is 5.36. The van der Waals surface area contributed by atoms with Crippen LogP contribution < -0.4 is 10.9 Å². The number of aryl methyl sites for hydroxylation is 1. The lowest BCUT2D eigenvalue weighted by Gasteiger charge is -2.07. The molecule has 1 amide bonds. The Morgan fingerprint density at radius 3 is 2.79 bits per heavy atom. The minimum Gasteiger partial charge on any atom is -0.423 e. The van der Waals surface area contributed by atoms with Crippen molar-refractivity contribution in [1.29, 1.82) is 0 Å². The molecule has 0 saturated heterocycles. The van der Waals surface area contributed by atoms with Crippen LogP contribution in [0.1, 0.15) is 18.3 Å². The largest absolute Gasteiger partial charge is 0.423 e. The van der Waals surface area contributed by atoms with E-state index in [9.17, 15) is 9.59 Å². The van der Waals surface area contributed by atoms with Gasteiger partial charge in [0.05, 0.1) is 0 Å². The minimum atomic E-state index is -0.424. The summed E-state index contributed by atoms with van der Waals surface area (Å²) >= 11 is 1.50. The van der Waals surface area contributed by atoms with Gasteiger partial charge in [0.2, 0.25) is 5.91 Å². The highest BCUT2D eigenvalue weighted by molar-refractivity contribution is 7.98. The molecule has 0 atom stereocenters. The van der Waals surface area contributed by atoms with Crippen molar-refractivity contribution in [2.75, 3.05) is 5.32 Å². The molecule has 0 unspecified atom stereocenters. The van der Waals surface area contributed by atoms with Crippen molar-refractivity contribution in [2.24, 2.45) is 7.05 Å². The van der Waals surface area contributed by atoms with Gasteiger partial charge < -0.3 is 14.3 Å². The third kappa shape index (κ3) is 3.33. The van der Waals surface area contributed by atoms with E-state index in [-0.39, 0.29) is 5.91 Å². The maximum absolute atomic E-state index is 11.8. The molecule has 0 fully saturated rings. The van der Waals surface area contributed by atoms with Crippen molar-refractivity contribution in [3.63, 3.8) is 0 Å². The Morgan fingerprint density at radius 1 is 1.33 bits per heavy atom. The predicted octanol–water partition coefficient (Wildman–Crippen LogP) is 2.48. The van der Waals surface area contributed by atoms with E-state index in [1.807, 2.05) is 24.6 Å². The lowest BCUT2D eigenvalue weighted by Crippen LogP contribution is -2.06. The zero-order valence-electron chi connectivity index (χ0n) is 13.5. The number of hydrogen-bond acceptors (Lipinski definition) is 6. The van der Waals surface area contributed by atoms with Gasteiger partial charge in [-0.1, -0.05) is 11.8 Å². The van der Waals surface area contributed by atoms with Crippen LogP contribution in [0.15, 0.2) is 38.6 Å². The first kappa shape index (κ1) is 16.3. The number of benzene rings is 1. The number of carbonyl (C=O) groups excluding carboxylic acids is 1. The summed E-state index contributed by atoms with van der Waals surface area (Å²) in [7, 11) is 1.90. The second kappa shape index (κ2) is 6.48. The third-order valence-electron chi connectivity index (χ3n) is 3.56. The predicted molar refractivity (Wildman–Crippen MR) is 92.1 cm³/mol. The molecule has 3 rings (SSSR count). The summed E-state index contributed by atoms with van der Waals surface area (Å²) in [6.45, 7) is 3.31. The fourth-order valence-electron chi connectivity index (χ4n) is 2.29. The number of hydrogen-bond donors (Lipinski definition) is 1. The van der Waals surface area contributed by atoms with Gasteiger partial charge in [0.25, 0.3) is 0 Å². The number of fused-ring (bicyclic) bond motifs is 1. The average Bonchev–Trinajstić information content (AvgIpc) is 2.83. The van der Waals surface area contributed by atoms with Gasteiger partial charge in [0.1, 0.15) is 11.4 Å². The summed E-state index contributed by atoms with van der Waals surface area (Å²) in [5.74, 6) is 1.21. The Labute approximate surface area is 142 Å². The van der Waals surface area contributed by atoms with Gasteiger partial charge in [0.15, 0.2) is 5.16 Å². The van der Waals surface area contributed by atoms with Gasteiger partial charge in [-0.25, -0.2) is 4.79 Å². The van der Waals surface area contributed by atoms with Crippen LogP contribution in [0.3, 0.4) is 0 Å². The molecular formula is C16H16N4O3S. The molecule has 2 aromatic heterocycles. The lowest BCUT2D eigenvalue weighted by atomic mass is 10.1. The first-order valence-corrected chi connectivity index (χ1v) is 8.26. The molecule has 0 bridgehead atoms. The van der Waals surface area contributed by atoms with Gasteiger partial charge in [0, 0.05) is 42.9 Å². The zero-order chi connectivity index (χ0) is 17.3. The maximum Gasteiger partial charge on any atom is 0.336 e. The van der Waals surface area contributed by atoms with Crippen LogP contribution in [0.5, 0.6) is 0 Å². The van der Waals surface area contributed by atoms with E-state index >= 15 is 0 Å². The van der Waals surface area contributed by atoms with Crippen LogP contribution in [0, 0.1) is 6.92 Å². The van der Waals surface area contributed by atoms with Crippen LogP contribution in [-0.2, 0) is 17.6 Å². The van der Waals surface area contributed by atoms with E-state index in [1.165, 1.54) is 24.8 Å². The van der Waals surface area contributed by atoms with E-state index in [2.05, 4.69) is 15.5 Å². The van der Waals surface area contributed by atoms with Crippen LogP contribution in [-0.4, -0.2) is 20.7 Å². The molecule has 0 aliphatic rings. The summed E-state index contributed by atoms with van der Waals surface area (Å²) in [4.78, 5) is 23.0. The summed E-state index contributed by atoms with van der Waals surface area (Å²) in [5.41, 5.74) is 1.46. The van der Waals surface area contributed by atoms with E-state index in [4.69, 9.17) is 4.42 Å². The van der Waals surface area contributed by atoms with Gasteiger partial charge in [-0.15, -0.1) is 10.2 Å². The Bertz CT molecular complexity index is 977. The fourth-order valence-corrected chi connectivity index (χ4v) is 3.23. The second-order valence-corrected chi connectivity index (χ2v) is 6.30. The van der Waals surface area contributed by atoms with Crippen molar-refractivity contribution in [3.05, 3.63) is 46.1 Å². The number of aromatic nitrogens is 3. The number of thioether (sulfide) groups is 1. The monoisotopic (exact) mass is 344 g/mol. The number of amides is 1. The first-order chi connectivity index (χ1) is 11.4. The molecule has 0 saturated carbocycles. The van der Waals surface area contributed by atoms with E-state index in [1.54, 1.807) is 12.1 Å². The number of anilines is 1. The zero-order valence-corrected chi connectivity index (χ0v) is 14.3. The Hall–Kier alpha value is -2.61. The van der Waals surface area contributed by atoms with E-state index in [0.29, 0.717) is 17.0 Å². The van der Waals surface area contributed by atoms with Crippen LogP contribution in [0.4, 0.5) is 5.69 Å². The number of rotatable bonds is 4. The van der Waals surface area contributed by atoms with Crippen molar-refractivity contribution < 1.29 is 9.21 Å². The van der Waals surface area contributed by atoms with Gasteiger partial charge in [-0.3, -0.25) is 4.79 Å². The molecule has 8 heteroatoms. The van der Waals surface area contributed by atoms with Crippen molar-refractivity contribution >= 4 is 34.3 Å². The maximum atomic E-state index is 11.8. The van der Waals surface area contributed by atoms with Crippen molar-refractivity contribution in [1.82, 2.24) is 14.8 Å². The Balaban J connectivity index is 1.93. The molecule has 2 heterocycles.